The van der Waals surface area contributed by atoms with E-state index in [0.29, 0.717) is 0 Å². The van der Waals surface area contributed by atoms with Crippen molar-refractivity contribution in [3.05, 3.63) is 0 Å². The number of rotatable bonds is 2. The van der Waals surface area contributed by atoms with Gasteiger partial charge in [0.1, 0.15) is 0 Å². The third kappa shape index (κ3) is 3.33. The van der Waals surface area contributed by atoms with Crippen molar-refractivity contribution in [3.63, 3.8) is 0 Å². The second kappa shape index (κ2) is 4.08. The lowest BCUT2D eigenvalue weighted by atomic mass is 9.95. The van der Waals surface area contributed by atoms with Crippen molar-refractivity contribution < 1.29 is 0 Å². The summed E-state index contributed by atoms with van der Waals surface area (Å²) in [7, 11) is 2.15. The molecule has 3 nitrogen and oxygen atoms in total. The molecule has 1 saturated heterocycles. The van der Waals surface area contributed by atoms with Crippen molar-refractivity contribution in [1.29, 1.82) is 5.26 Å². The Balaban J connectivity index is 2.35. The highest BCUT2D eigenvalue weighted by Crippen LogP contribution is 2.16. The molecule has 0 aromatic rings. The van der Waals surface area contributed by atoms with Crippen LogP contribution in [0.4, 0.5) is 0 Å². The molecule has 13 heavy (non-hydrogen) atoms. The summed E-state index contributed by atoms with van der Waals surface area (Å²) in [6, 6.07) is 2.34. The van der Waals surface area contributed by atoms with Gasteiger partial charge in [0.15, 0.2) is 0 Å². The summed E-state index contributed by atoms with van der Waals surface area (Å²) >= 11 is 0. The standard InChI is InChI=1S/C10H19N3/c1-10(2,8-11)9-13-6-4-12(3)5-7-13/h4-7,9H2,1-3H3. The minimum Gasteiger partial charge on any atom is -0.304 e. The fourth-order valence-electron chi connectivity index (χ4n) is 1.60. The topological polar surface area (TPSA) is 30.3 Å². The van der Waals surface area contributed by atoms with Gasteiger partial charge in [-0.05, 0) is 20.9 Å². The lowest BCUT2D eigenvalue weighted by molar-refractivity contribution is 0.128. The normalized spacial score (nSPS) is 21.4. The molecule has 0 amide bonds. The average Bonchev–Trinajstić information content (AvgIpc) is 2.09. The molecule has 0 saturated carbocycles. The molecule has 0 spiro atoms. The average molecular weight is 181 g/mol. The van der Waals surface area contributed by atoms with Gasteiger partial charge in [-0.1, -0.05) is 0 Å². The van der Waals surface area contributed by atoms with Gasteiger partial charge in [0.05, 0.1) is 11.5 Å². The number of hydrogen-bond acceptors (Lipinski definition) is 3. The Bertz CT molecular complexity index is 197. The smallest absolute Gasteiger partial charge is 0.0697 e. The van der Waals surface area contributed by atoms with E-state index in [4.69, 9.17) is 5.26 Å². The first-order chi connectivity index (χ1) is 6.03. The zero-order valence-corrected chi connectivity index (χ0v) is 8.88. The monoisotopic (exact) mass is 181 g/mol. The van der Waals surface area contributed by atoms with Gasteiger partial charge in [-0.25, -0.2) is 0 Å². The van der Waals surface area contributed by atoms with Gasteiger partial charge >= 0.3 is 0 Å². The van der Waals surface area contributed by atoms with Gasteiger partial charge < -0.3 is 4.90 Å². The Morgan fingerprint density at radius 1 is 1.23 bits per heavy atom. The van der Waals surface area contributed by atoms with Gasteiger partial charge in [-0.15, -0.1) is 0 Å². The van der Waals surface area contributed by atoms with E-state index >= 15 is 0 Å². The summed E-state index contributed by atoms with van der Waals surface area (Å²) in [4.78, 5) is 4.71. The molecular weight excluding hydrogens is 162 g/mol. The Morgan fingerprint density at radius 2 is 1.77 bits per heavy atom. The van der Waals surface area contributed by atoms with Crippen LogP contribution in [0.25, 0.3) is 0 Å². The second-order valence-corrected chi connectivity index (χ2v) is 4.58. The molecule has 0 N–H and O–H groups in total. The highest BCUT2D eigenvalue weighted by atomic mass is 15.2. The molecule has 1 rings (SSSR count). The third-order valence-corrected chi connectivity index (χ3v) is 2.52. The van der Waals surface area contributed by atoms with Crippen LogP contribution in [-0.4, -0.2) is 49.6 Å². The van der Waals surface area contributed by atoms with Crippen LogP contribution in [-0.2, 0) is 0 Å². The van der Waals surface area contributed by atoms with Crippen LogP contribution in [0.5, 0.6) is 0 Å². The molecule has 1 aliphatic rings. The number of nitriles is 1. The first kappa shape index (κ1) is 10.5. The fourth-order valence-corrected chi connectivity index (χ4v) is 1.60. The van der Waals surface area contributed by atoms with Crippen LogP contribution in [0, 0.1) is 16.7 Å². The Labute approximate surface area is 80.9 Å². The van der Waals surface area contributed by atoms with Crippen molar-refractivity contribution in [2.45, 2.75) is 13.8 Å². The first-order valence-corrected chi connectivity index (χ1v) is 4.86. The van der Waals surface area contributed by atoms with Crippen molar-refractivity contribution in [2.75, 3.05) is 39.8 Å². The highest BCUT2D eigenvalue weighted by molar-refractivity contribution is 4.94. The zero-order valence-electron chi connectivity index (χ0n) is 8.88. The van der Waals surface area contributed by atoms with Gasteiger partial charge in [-0.2, -0.15) is 5.26 Å². The third-order valence-electron chi connectivity index (χ3n) is 2.52. The molecule has 1 aliphatic heterocycles. The minimum absolute atomic E-state index is 0.199. The molecule has 0 aromatic carbocycles. The maximum absolute atomic E-state index is 8.89. The van der Waals surface area contributed by atoms with Crippen molar-refractivity contribution in [2.24, 2.45) is 5.41 Å². The summed E-state index contributed by atoms with van der Waals surface area (Å²) in [5.41, 5.74) is -0.199. The highest BCUT2D eigenvalue weighted by Gasteiger charge is 2.23. The molecule has 0 bridgehead atoms. The van der Waals surface area contributed by atoms with Crippen molar-refractivity contribution in [1.82, 2.24) is 9.80 Å². The summed E-state index contributed by atoms with van der Waals surface area (Å²) < 4.78 is 0. The van der Waals surface area contributed by atoms with Gasteiger partial charge in [0, 0.05) is 32.7 Å². The van der Waals surface area contributed by atoms with E-state index in [-0.39, 0.29) is 5.41 Å². The van der Waals surface area contributed by atoms with E-state index in [1.165, 1.54) is 0 Å². The predicted molar refractivity (Wildman–Crippen MR) is 53.3 cm³/mol. The molecule has 1 fully saturated rings. The van der Waals surface area contributed by atoms with E-state index in [1.807, 2.05) is 13.8 Å². The van der Waals surface area contributed by atoms with Crippen molar-refractivity contribution >= 4 is 0 Å². The van der Waals surface area contributed by atoms with E-state index < -0.39 is 0 Å². The largest absolute Gasteiger partial charge is 0.304 e. The maximum Gasteiger partial charge on any atom is 0.0697 e. The van der Waals surface area contributed by atoms with Crippen LogP contribution < -0.4 is 0 Å². The molecule has 0 unspecified atom stereocenters. The molecule has 3 heteroatoms. The van der Waals surface area contributed by atoms with Gasteiger partial charge in [-0.3, -0.25) is 4.90 Å². The van der Waals surface area contributed by atoms with E-state index in [2.05, 4.69) is 22.9 Å². The Morgan fingerprint density at radius 3 is 2.23 bits per heavy atom. The van der Waals surface area contributed by atoms with Gasteiger partial charge in [0.2, 0.25) is 0 Å². The van der Waals surface area contributed by atoms with Gasteiger partial charge in [0.25, 0.3) is 0 Å². The molecule has 0 aromatic heterocycles. The second-order valence-electron chi connectivity index (χ2n) is 4.58. The molecule has 0 atom stereocenters. The van der Waals surface area contributed by atoms with Crippen molar-refractivity contribution in [3.8, 4) is 6.07 Å². The number of piperazine rings is 1. The minimum atomic E-state index is -0.199. The Hall–Kier alpha value is -0.590. The number of nitrogens with zero attached hydrogens (tertiary/aromatic N) is 3. The quantitative estimate of drug-likeness (QED) is 0.631. The molecule has 0 radical (unpaired) electrons. The predicted octanol–water partition coefficient (Wildman–Crippen LogP) is 0.784. The number of likely N-dealkylation sites (N-methyl/N-ethyl adjacent to an activating group) is 1. The van der Waals surface area contributed by atoms with Crippen LogP contribution >= 0.6 is 0 Å². The van der Waals surface area contributed by atoms with E-state index in [9.17, 15) is 0 Å². The maximum atomic E-state index is 8.89. The summed E-state index contributed by atoms with van der Waals surface area (Å²) in [6.45, 7) is 9.36. The molecule has 0 aliphatic carbocycles. The van der Waals surface area contributed by atoms with E-state index in [1.54, 1.807) is 0 Å². The number of hydrogen-bond donors (Lipinski definition) is 0. The Kier molecular flexibility index (Phi) is 3.29. The summed E-state index contributed by atoms with van der Waals surface area (Å²) in [5, 5.41) is 8.89. The van der Waals surface area contributed by atoms with Crippen LogP contribution in [0.15, 0.2) is 0 Å². The lowest BCUT2D eigenvalue weighted by Crippen LogP contribution is -2.47. The molecule has 74 valence electrons. The van der Waals surface area contributed by atoms with E-state index in [0.717, 1.165) is 32.7 Å². The zero-order chi connectivity index (χ0) is 9.90. The summed E-state index contributed by atoms with van der Waals surface area (Å²) in [6.07, 6.45) is 0. The SMILES string of the molecule is CN1CCN(CC(C)(C)C#N)CC1. The first-order valence-electron chi connectivity index (χ1n) is 4.86. The molecule has 1 heterocycles. The van der Waals surface area contributed by atoms with Crippen LogP contribution in [0.2, 0.25) is 0 Å². The fraction of sp³-hybridized carbons (Fsp3) is 0.900. The van der Waals surface area contributed by atoms with Crippen LogP contribution in [0.3, 0.4) is 0 Å². The molecular formula is C10H19N3. The van der Waals surface area contributed by atoms with Crippen LogP contribution in [0.1, 0.15) is 13.8 Å². The summed E-state index contributed by atoms with van der Waals surface area (Å²) in [5.74, 6) is 0. The lowest BCUT2D eigenvalue weighted by Gasteiger charge is -2.35.